The second-order valence-electron chi connectivity index (χ2n) is 7.00. The summed E-state index contributed by atoms with van der Waals surface area (Å²) in [6.07, 6.45) is 6.50. The van der Waals surface area contributed by atoms with Crippen molar-refractivity contribution in [3.8, 4) is 0 Å². The lowest BCUT2D eigenvalue weighted by molar-refractivity contribution is -0.125. The number of rotatable bonds is 6. The van der Waals surface area contributed by atoms with Crippen LogP contribution in [0, 0.1) is 5.92 Å². The van der Waals surface area contributed by atoms with Crippen LogP contribution in [0.1, 0.15) is 18.5 Å². The Bertz CT molecular complexity index is 893. The first-order valence-corrected chi connectivity index (χ1v) is 10.6. The number of hydrogen-bond donors (Lipinski definition) is 2. The molecule has 1 aliphatic carbocycles. The van der Waals surface area contributed by atoms with E-state index in [4.69, 9.17) is 4.74 Å². The standard InChI is InChI=1S/C17H22N4O4S/c1-26(23,24)20-16-15(12-7-9-25-17(12)16)19-14(22)6-5-11-10-21-8-3-2-4-13(21)18-11/h2-4,8,10,12,15-17,20H,5-7,9H2,1H3,(H,19,22)/t12-,15+,16-,17-/m1/s1. The number of carbonyl (C=O) groups is 1. The maximum absolute atomic E-state index is 12.4. The molecule has 2 N–H and O–H groups in total. The highest BCUT2D eigenvalue weighted by atomic mass is 32.2. The number of imidazole rings is 1. The SMILES string of the molecule is CS(=O)(=O)N[C@@H]1[C@@H](NC(=O)CCc2cn3ccccc3n2)[C@H]2CCO[C@H]21. The fraction of sp³-hybridized carbons (Fsp3) is 0.529. The molecule has 1 aliphatic heterocycles. The van der Waals surface area contributed by atoms with Gasteiger partial charge in [0.25, 0.3) is 0 Å². The monoisotopic (exact) mass is 378 g/mol. The summed E-state index contributed by atoms with van der Waals surface area (Å²) in [6.45, 7) is 0.602. The van der Waals surface area contributed by atoms with Gasteiger partial charge in [-0.15, -0.1) is 0 Å². The molecule has 1 saturated heterocycles. The summed E-state index contributed by atoms with van der Waals surface area (Å²) >= 11 is 0. The topological polar surface area (TPSA) is 102 Å². The summed E-state index contributed by atoms with van der Waals surface area (Å²) in [5.74, 6) is 0.0751. The van der Waals surface area contributed by atoms with Gasteiger partial charge in [-0.25, -0.2) is 18.1 Å². The van der Waals surface area contributed by atoms with E-state index in [0.717, 1.165) is 24.0 Å². The summed E-state index contributed by atoms with van der Waals surface area (Å²) in [4.78, 5) is 16.9. The quantitative estimate of drug-likeness (QED) is 0.742. The lowest BCUT2D eigenvalue weighted by Crippen LogP contribution is -2.70. The number of aryl methyl sites for hydroxylation is 1. The van der Waals surface area contributed by atoms with E-state index in [1.807, 2.05) is 35.0 Å². The van der Waals surface area contributed by atoms with Crippen LogP contribution in [0.15, 0.2) is 30.6 Å². The van der Waals surface area contributed by atoms with E-state index in [0.29, 0.717) is 19.4 Å². The minimum absolute atomic E-state index is 0.0993. The summed E-state index contributed by atoms with van der Waals surface area (Å²) in [6, 6.07) is 5.16. The summed E-state index contributed by atoms with van der Waals surface area (Å²) in [5, 5.41) is 2.98. The molecule has 26 heavy (non-hydrogen) atoms. The number of fused-ring (bicyclic) bond motifs is 2. The number of carbonyl (C=O) groups excluding carboxylic acids is 1. The van der Waals surface area contributed by atoms with Gasteiger partial charge < -0.3 is 14.5 Å². The maximum atomic E-state index is 12.4. The Morgan fingerprint density at radius 3 is 3.00 bits per heavy atom. The van der Waals surface area contributed by atoms with Crippen molar-refractivity contribution in [2.24, 2.45) is 5.92 Å². The lowest BCUT2D eigenvalue weighted by Gasteiger charge is -2.47. The van der Waals surface area contributed by atoms with E-state index in [-0.39, 0.29) is 24.0 Å². The predicted molar refractivity (Wildman–Crippen MR) is 95.1 cm³/mol. The van der Waals surface area contributed by atoms with E-state index in [2.05, 4.69) is 15.0 Å². The van der Waals surface area contributed by atoms with Crippen LogP contribution in [-0.4, -0.2) is 54.8 Å². The fourth-order valence-corrected chi connectivity index (χ4v) is 4.67. The number of ether oxygens (including phenoxy) is 1. The van der Waals surface area contributed by atoms with Crippen LogP contribution >= 0.6 is 0 Å². The molecule has 2 aromatic rings. The molecular weight excluding hydrogens is 356 g/mol. The molecule has 1 saturated carbocycles. The van der Waals surface area contributed by atoms with Crippen LogP contribution in [0.4, 0.5) is 0 Å². The second-order valence-corrected chi connectivity index (χ2v) is 8.78. The molecule has 2 aliphatic rings. The number of aromatic nitrogens is 2. The number of sulfonamides is 1. The molecule has 4 rings (SSSR count). The van der Waals surface area contributed by atoms with Crippen molar-refractivity contribution in [2.45, 2.75) is 37.5 Å². The van der Waals surface area contributed by atoms with Gasteiger partial charge in [0.1, 0.15) is 5.65 Å². The number of hydrogen-bond acceptors (Lipinski definition) is 5. The van der Waals surface area contributed by atoms with E-state index in [1.54, 1.807) is 0 Å². The fourth-order valence-electron chi connectivity index (χ4n) is 3.90. The van der Waals surface area contributed by atoms with Gasteiger partial charge in [0.2, 0.25) is 15.9 Å². The Labute approximate surface area is 152 Å². The zero-order valence-corrected chi connectivity index (χ0v) is 15.3. The van der Waals surface area contributed by atoms with Crippen molar-refractivity contribution in [1.82, 2.24) is 19.4 Å². The van der Waals surface area contributed by atoms with Crippen LogP contribution in [0.5, 0.6) is 0 Å². The van der Waals surface area contributed by atoms with Gasteiger partial charge in [-0.3, -0.25) is 4.79 Å². The third-order valence-corrected chi connectivity index (χ3v) is 5.79. The van der Waals surface area contributed by atoms with E-state index in [1.165, 1.54) is 0 Å². The van der Waals surface area contributed by atoms with Crippen molar-refractivity contribution in [1.29, 1.82) is 0 Å². The van der Waals surface area contributed by atoms with Gasteiger partial charge in [-0.05, 0) is 25.0 Å². The molecule has 1 amide bonds. The van der Waals surface area contributed by atoms with Crippen LogP contribution < -0.4 is 10.0 Å². The van der Waals surface area contributed by atoms with Crippen molar-refractivity contribution < 1.29 is 17.9 Å². The first-order chi connectivity index (χ1) is 12.4. The van der Waals surface area contributed by atoms with Crippen molar-refractivity contribution in [2.75, 3.05) is 12.9 Å². The largest absolute Gasteiger partial charge is 0.376 e. The zero-order chi connectivity index (χ0) is 18.3. The number of nitrogens with one attached hydrogen (secondary N) is 2. The van der Waals surface area contributed by atoms with Crippen molar-refractivity contribution in [3.63, 3.8) is 0 Å². The van der Waals surface area contributed by atoms with Gasteiger partial charge in [0.05, 0.1) is 30.1 Å². The Balaban J connectivity index is 1.36. The Kier molecular flexibility index (Phi) is 4.45. The Hall–Kier alpha value is -1.97. The van der Waals surface area contributed by atoms with Gasteiger partial charge in [-0.1, -0.05) is 6.07 Å². The highest BCUT2D eigenvalue weighted by Crippen LogP contribution is 2.39. The maximum Gasteiger partial charge on any atom is 0.220 e. The number of pyridine rings is 1. The van der Waals surface area contributed by atoms with Crippen LogP contribution in [-0.2, 0) is 26.0 Å². The summed E-state index contributed by atoms with van der Waals surface area (Å²) in [7, 11) is -3.36. The highest BCUT2D eigenvalue weighted by molar-refractivity contribution is 7.88. The summed E-state index contributed by atoms with van der Waals surface area (Å²) in [5.41, 5.74) is 1.71. The van der Waals surface area contributed by atoms with Crippen molar-refractivity contribution in [3.05, 3.63) is 36.3 Å². The normalized spacial score (nSPS) is 27.9. The molecule has 9 heteroatoms. The van der Waals surface area contributed by atoms with E-state index < -0.39 is 16.1 Å². The lowest BCUT2D eigenvalue weighted by atomic mass is 9.72. The van der Waals surface area contributed by atoms with E-state index in [9.17, 15) is 13.2 Å². The second kappa shape index (κ2) is 6.64. The molecule has 0 radical (unpaired) electrons. The van der Waals surface area contributed by atoms with E-state index >= 15 is 0 Å². The number of nitrogens with zero attached hydrogens (tertiary/aromatic N) is 2. The molecule has 0 unspecified atom stereocenters. The Morgan fingerprint density at radius 1 is 1.38 bits per heavy atom. The molecular formula is C17H22N4O4S. The zero-order valence-electron chi connectivity index (χ0n) is 14.5. The third-order valence-electron chi connectivity index (χ3n) is 5.09. The Morgan fingerprint density at radius 2 is 2.23 bits per heavy atom. The first-order valence-electron chi connectivity index (χ1n) is 8.71. The number of amides is 1. The average molecular weight is 378 g/mol. The summed E-state index contributed by atoms with van der Waals surface area (Å²) < 4.78 is 33.2. The molecule has 0 bridgehead atoms. The third kappa shape index (κ3) is 3.46. The molecule has 2 aromatic heterocycles. The average Bonchev–Trinajstić information content (AvgIpc) is 3.19. The van der Waals surface area contributed by atoms with Crippen LogP contribution in [0.2, 0.25) is 0 Å². The van der Waals surface area contributed by atoms with Gasteiger partial charge >= 0.3 is 0 Å². The molecule has 2 fully saturated rings. The minimum atomic E-state index is -3.36. The molecule has 140 valence electrons. The molecule has 0 spiro atoms. The van der Waals surface area contributed by atoms with Crippen LogP contribution in [0.3, 0.4) is 0 Å². The smallest absolute Gasteiger partial charge is 0.220 e. The first kappa shape index (κ1) is 17.4. The minimum Gasteiger partial charge on any atom is -0.376 e. The molecule has 3 heterocycles. The van der Waals surface area contributed by atoms with Gasteiger partial charge in [0.15, 0.2) is 0 Å². The molecule has 4 atom stereocenters. The van der Waals surface area contributed by atoms with Gasteiger partial charge in [-0.2, -0.15) is 0 Å². The molecule has 8 nitrogen and oxygen atoms in total. The predicted octanol–water partition coefficient (Wildman–Crippen LogP) is 0.0882. The molecule has 0 aromatic carbocycles. The van der Waals surface area contributed by atoms with Crippen LogP contribution in [0.25, 0.3) is 5.65 Å². The van der Waals surface area contributed by atoms with Crippen molar-refractivity contribution >= 4 is 21.6 Å². The highest BCUT2D eigenvalue weighted by Gasteiger charge is 2.55. The van der Waals surface area contributed by atoms with Gasteiger partial charge in [0, 0.05) is 31.3 Å².